The monoisotopic (exact) mass is 437 g/mol. The van der Waals surface area contributed by atoms with Gasteiger partial charge in [-0.3, -0.25) is 4.52 Å². The van der Waals surface area contributed by atoms with Gasteiger partial charge in [-0.2, -0.15) is 4.62 Å². The van der Waals surface area contributed by atoms with Crippen molar-refractivity contribution in [3.63, 3.8) is 0 Å². The van der Waals surface area contributed by atoms with Crippen molar-refractivity contribution in [3.8, 4) is 0 Å². The first-order valence-corrected chi connectivity index (χ1v) is 11.8. The van der Waals surface area contributed by atoms with E-state index in [9.17, 15) is 14.7 Å². The van der Waals surface area contributed by atoms with Crippen LogP contribution in [0.3, 0.4) is 0 Å². The Labute approximate surface area is 166 Å². The molecule has 10 nitrogen and oxygen atoms in total. The predicted octanol–water partition coefficient (Wildman–Crippen LogP) is 3.62. The lowest BCUT2D eigenvalue weighted by Gasteiger charge is -2.24. The fourth-order valence-corrected chi connectivity index (χ4v) is 5.81. The Kier molecular flexibility index (Phi) is 8.30. The van der Waals surface area contributed by atoms with Crippen molar-refractivity contribution in [2.75, 3.05) is 25.4 Å². The minimum atomic E-state index is -3.50. The second-order valence-electron chi connectivity index (χ2n) is 5.43. The molecule has 0 radical (unpaired) electrons. The molecule has 1 saturated heterocycles. The molecule has 0 bridgehead atoms. The zero-order chi connectivity index (χ0) is 19.9. The van der Waals surface area contributed by atoms with Gasteiger partial charge in [0.25, 0.3) is 5.96 Å². The van der Waals surface area contributed by atoms with E-state index in [1.165, 1.54) is 5.06 Å². The quantitative estimate of drug-likeness (QED) is 0.234. The van der Waals surface area contributed by atoms with Crippen molar-refractivity contribution in [2.45, 2.75) is 26.8 Å². The van der Waals surface area contributed by atoms with Crippen molar-refractivity contribution in [3.05, 3.63) is 39.2 Å². The second kappa shape index (κ2) is 10.2. The number of hydroxylamine groups is 2. The summed E-state index contributed by atoms with van der Waals surface area (Å²) in [6, 6.07) is 3.40. The summed E-state index contributed by atoms with van der Waals surface area (Å²) in [5, 5.41) is 15.1. The van der Waals surface area contributed by atoms with E-state index in [0.29, 0.717) is 24.0 Å². The molecule has 0 aromatic carbocycles. The van der Waals surface area contributed by atoms with Crippen molar-refractivity contribution in [1.82, 2.24) is 14.9 Å². The average molecular weight is 438 g/mol. The van der Waals surface area contributed by atoms with E-state index in [0.717, 1.165) is 23.4 Å². The highest BCUT2D eigenvalue weighted by Gasteiger charge is 2.37. The number of hydrogen-bond donors (Lipinski definition) is 0. The van der Waals surface area contributed by atoms with Gasteiger partial charge in [-0.25, -0.2) is 24.7 Å². The van der Waals surface area contributed by atoms with Crippen molar-refractivity contribution in [1.29, 1.82) is 0 Å². The summed E-state index contributed by atoms with van der Waals surface area (Å²) in [4.78, 5) is 16.6. The third kappa shape index (κ3) is 6.62. The number of halogens is 1. The lowest BCUT2D eigenvalue weighted by Crippen LogP contribution is -2.33. The predicted molar refractivity (Wildman–Crippen MR) is 104 cm³/mol. The van der Waals surface area contributed by atoms with Gasteiger partial charge in [-0.15, -0.1) is 0 Å². The van der Waals surface area contributed by atoms with Crippen LogP contribution in [0.2, 0.25) is 5.15 Å². The summed E-state index contributed by atoms with van der Waals surface area (Å²) < 4.78 is 23.7. The van der Waals surface area contributed by atoms with Crippen LogP contribution in [0.5, 0.6) is 0 Å². The number of rotatable bonds is 10. The first-order valence-electron chi connectivity index (χ1n) is 8.31. The number of hydrazone groups is 1. The number of nitro groups is 1. The number of nitrogens with zero attached hydrogens (tertiary/aromatic N) is 5. The summed E-state index contributed by atoms with van der Waals surface area (Å²) in [5.74, 6) is 0.541. The Hall–Kier alpha value is -1.39. The fourth-order valence-electron chi connectivity index (χ4n) is 2.27. The molecule has 1 unspecified atom stereocenters. The zero-order valence-corrected chi connectivity index (χ0v) is 17.5. The summed E-state index contributed by atoms with van der Waals surface area (Å²) >= 11 is 6.84. The Bertz CT molecular complexity index is 722. The highest BCUT2D eigenvalue weighted by atomic mass is 35.5. The maximum Gasteiger partial charge on any atom is 0.410 e. The van der Waals surface area contributed by atoms with Crippen molar-refractivity contribution in [2.24, 2.45) is 5.10 Å². The highest BCUT2D eigenvalue weighted by molar-refractivity contribution is 8.55. The average Bonchev–Trinajstić information content (AvgIpc) is 2.96. The summed E-state index contributed by atoms with van der Waals surface area (Å²) in [6.45, 7) is 1.33. The van der Waals surface area contributed by atoms with Gasteiger partial charge in [0, 0.05) is 25.0 Å². The van der Waals surface area contributed by atoms with E-state index in [-0.39, 0.29) is 19.1 Å². The van der Waals surface area contributed by atoms with E-state index in [2.05, 4.69) is 10.1 Å². The standard InChI is InChI=1S/C14H21ClN5O5PS/c1-3-9-27-26(23,24-4-2)25-19-8-7-18(14(19)17-20(21)22)11-12-5-6-13(15)16-10-12/h5-6,10H,3-4,7-9,11H2,1-2H3. The minimum absolute atomic E-state index is 0.0352. The van der Waals surface area contributed by atoms with Crippen LogP contribution in [0.4, 0.5) is 0 Å². The molecule has 150 valence electrons. The fraction of sp³-hybridized carbons (Fsp3) is 0.571. The Morgan fingerprint density at radius 1 is 1.44 bits per heavy atom. The Morgan fingerprint density at radius 2 is 2.22 bits per heavy atom. The van der Waals surface area contributed by atoms with Crippen LogP contribution in [0.25, 0.3) is 0 Å². The molecular formula is C14H21ClN5O5PS. The number of aromatic nitrogens is 1. The van der Waals surface area contributed by atoms with Crippen molar-refractivity contribution < 1.29 is 18.7 Å². The first kappa shape index (κ1) is 21.9. The minimum Gasteiger partial charge on any atom is -0.330 e. The topological polar surface area (TPSA) is 110 Å². The molecule has 1 aromatic heterocycles. The molecule has 2 rings (SSSR count). The summed E-state index contributed by atoms with van der Waals surface area (Å²) in [6.07, 6.45) is 2.37. The maximum atomic E-state index is 12.9. The van der Waals surface area contributed by atoms with E-state index in [4.69, 9.17) is 20.7 Å². The molecule has 1 atom stereocenters. The molecule has 0 amide bonds. The van der Waals surface area contributed by atoms with Crippen LogP contribution in [0, 0.1) is 10.1 Å². The van der Waals surface area contributed by atoms with Gasteiger partial charge < -0.3 is 4.90 Å². The number of hydrogen-bond acceptors (Lipinski definition) is 7. The van der Waals surface area contributed by atoms with Crippen molar-refractivity contribution >= 4 is 35.7 Å². The van der Waals surface area contributed by atoms with Gasteiger partial charge in [-0.05, 0) is 36.4 Å². The van der Waals surface area contributed by atoms with Crippen LogP contribution < -0.4 is 0 Å². The molecule has 27 heavy (non-hydrogen) atoms. The van der Waals surface area contributed by atoms with Crippen LogP contribution in [-0.4, -0.2) is 51.4 Å². The van der Waals surface area contributed by atoms with Crippen LogP contribution in [0.15, 0.2) is 23.4 Å². The van der Waals surface area contributed by atoms with Crippen LogP contribution in [-0.2, 0) is 20.3 Å². The highest BCUT2D eigenvalue weighted by Crippen LogP contribution is 2.61. The SMILES string of the molecule is CCCSP(=O)(OCC)ON1CCN(Cc2ccc(Cl)nc2)C1=N[N+](=O)[O-]. The number of pyridine rings is 1. The molecule has 1 fully saturated rings. The molecule has 1 aliphatic heterocycles. The molecule has 0 aliphatic carbocycles. The van der Waals surface area contributed by atoms with Gasteiger partial charge in [0.2, 0.25) is 0 Å². The summed E-state index contributed by atoms with van der Waals surface area (Å²) in [7, 11) is 0. The lowest BCUT2D eigenvalue weighted by molar-refractivity contribution is -0.486. The molecule has 0 spiro atoms. The number of guanidine groups is 1. The van der Waals surface area contributed by atoms with Gasteiger partial charge in [-0.1, -0.05) is 24.6 Å². The van der Waals surface area contributed by atoms with E-state index in [1.54, 1.807) is 30.2 Å². The smallest absolute Gasteiger partial charge is 0.330 e. The normalized spacial score (nSPS) is 18.1. The molecule has 13 heteroatoms. The molecule has 0 N–H and O–H groups in total. The van der Waals surface area contributed by atoms with E-state index < -0.39 is 11.8 Å². The molecule has 0 saturated carbocycles. The van der Waals surface area contributed by atoms with E-state index in [1.807, 2.05) is 6.92 Å². The van der Waals surface area contributed by atoms with Gasteiger partial charge in [0.1, 0.15) is 10.3 Å². The van der Waals surface area contributed by atoms with Crippen LogP contribution in [0.1, 0.15) is 25.8 Å². The maximum absolute atomic E-state index is 12.9. The zero-order valence-electron chi connectivity index (χ0n) is 15.0. The van der Waals surface area contributed by atoms with Crippen LogP contribution >= 0.6 is 29.8 Å². The Balaban J connectivity index is 2.17. The summed E-state index contributed by atoms with van der Waals surface area (Å²) in [5.41, 5.74) is 0.797. The second-order valence-corrected chi connectivity index (χ2v) is 9.92. The van der Waals surface area contributed by atoms with E-state index >= 15 is 0 Å². The van der Waals surface area contributed by atoms with Gasteiger partial charge in [0.05, 0.1) is 13.2 Å². The molecule has 1 aliphatic rings. The van der Waals surface area contributed by atoms with Gasteiger partial charge in [0.15, 0.2) is 5.03 Å². The first-order chi connectivity index (χ1) is 12.9. The molecule has 1 aromatic rings. The molecule has 2 heterocycles. The Morgan fingerprint density at radius 3 is 2.81 bits per heavy atom. The molecular weight excluding hydrogens is 417 g/mol. The third-order valence-electron chi connectivity index (χ3n) is 3.35. The largest absolute Gasteiger partial charge is 0.410 e. The van der Waals surface area contributed by atoms with Gasteiger partial charge >= 0.3 is 6.80 Å². The third-order valence-corrected chi connectivity index (χ3v) is 7.47. The lowest BCUT2D eigenvalue weighted by atomic mass is 10.3.